The lowest BCUT2D eigenvalue weighted by atomic mass is 10.1. The van der Waals surface area contributed by atoms with Gasteiger partial charge in [0.05, 0.1) is 6.07 Å². The van der Waals surface area contributed by atoms with E-state index in [0.29, 0.717) is 6.42 Å². The summed E-state index contributed by atoms with van der Waals surface area (Å²) in [6.07, 6.45) is 3.25. The van der Waals surface area contributed by atoms with E-state index in [-0.39, 0.29) is 0 Å². The zero-order valence-electron chi connectivity index (χ0n) is 11.0. The van der Waals surface area contributed by atoms with Crippen LogP contribution in [0.2, 0.25) is 0 Å². The van der Waals surface area contributed by atoms with Gasteiger partial charge in [-0.3, -0.25) is 4.90 Å². The molecule has 0 heterocycles. The Labute approximate surface area is 113 Å². The molecule has 0 fully saturated rings. The average Bonchev–Trinajstić information content (AvgIpc) is 2.42. The Morgan fingerprint density at radius 1 is 1.47 bits per heavy atom. The Hall–Kier alpha value is -2.12. The second-order valence-corrected chi connectivity index (χ2v) is 4.15. The van der Waals surface area contributed by atoms with Crippen LogP contribution in [-0.4, -0.2) is 29.1 Å². The van der Waals surface area contributed by atoms with Gasteiger partial charge in [-0.15, -0.1) is 0 Å². The fraction of sp³-hybridized carbons (Fsp3) is 0.333. The molecule has 1 aromatic rings. The summed E-state index contributed by atoms with van der Waals surface area (Å²) in [4.78, 5) is 12.7. The van der Waals surface area contributed by atoms with Crippen LogP contribution in [0.1, 0.15) is 24.5 Å². The van der Waals surface area contributed by atoms with Crippen molar-refractivity contribution in [3.8, 4) is 6.07 Å². The topological polar surface area (TPSA) is 64.3 Å². The van der Waals surface area contributed by atoms with Crippen LogP contribution in [0.4, 0.5) is 0 Å². The number of carbonyl (C=O) groups is 1. The Morgan fingerprint density at radius 3 is 2.84 bits per heavy atom. The number of aliphatic carboxylic acids is 1. The summed E-state index contributed by atoms with van der Waals surface area (Å²) in [5.74, 6) is -0.952. The van der Waals surface area contributed by atoms with Gasteiger partial charge in [0, 0.05) is 25.6 Å². The molecule has 0 saturated heterocycles. The zero-order chi connectivity index (χ0) is 14.1. The molecular formula is C15H18N2O2. The molecule has 0 amide bonds. The third-order valence-corrected chi connectivity index (χ3v) is 2.84. The number of hydrogen-bond acceptors (Lipinski definition) is 3. The van der Waals surface area contributed by atoms with Gasteiger partial charge < -0.3 is 5.11 Å². The second kappa shape index (κ2) is 8.06. The van der Waals surface area contributed by atoms with E-state index in [2.05, 4.69) is 11.0 Å². The molecule has 0 saturated carbocycles. The summed E-state index contributed by atoms with van der Waals surface area (Å²) in [6, 6.07) is 9.84. The molecule has 0 bridgehead atoms. The molecular weight excluding hydrogens is 240 g/mol. The lowest BCUT2D eigenvalue weighted by molar-refractivity contribution is -0.131. The minimum absolute atomic E-state index is 0.501. The van der Waals surface area contributed by atoms with Gasteiger partial charge in [-0.2, -0.15) is 5.26 Å². The maximum Gasteiger partial charge on any atom is 0.328 e. The number of nitrogens with zero attached hydrogens (tertiary/aromatic N) is 2. The Morgan fingerprint density at radius 2 is 2.21 bits per heavy atom. The monoisotopic (exact) mass is 258 g/mol. The summed E-state index contributed by atoms with van der Waals surface area (Å²) >= 11 is 0. The van der Waals surface area contributed by atoms with Crippen LogP contribution < -0.4 is 0 Å². The number of carboxylic acids is 1. The average molecular weight is 258 g/mol. The minimum atomic E-state index is -0.952. The molecule has 0 atom stereocenters. The highest BCUT2D eigenvalue weighted by atomic mass is 16.4. The third kappa shape index (κ3) is 5.36. The van der Waals surface area contributed by atoms with Crippen LogP contribution in [0.25, 0.3) is 6.08 Å². The lowest BCUT2D eigenvalue weighted by Crippen LogP contribution is -2.24. The minimum Gasteiger partial charge on any atom is -0.478 e. The zero-order valence-corrected chi connectivity index (χ0v) is 11.0. The lowest BCUT2D eigenvalue weighted by Gasteiger charge is -2.20. The van der Waals surface area contributed by atoms with E-state index in [4.69, 9.17) is 10.4 Å². The molecule has 0 spiro atoms. The van der Waals surface area contributed by atoms with E-state index in [1.165, 1.54) is 0 Å². The normalized spacial score (nSPS) is 10.8. The van der Waals surface area contributed by atoms with Crippen LogP contribution in [0, 0.1) is 11.3 Å². The van der Waals surface area contributed by atoms with E-state index < -0.39 is 5.97 Å². The largest absolute Gasteiger partial charge is 0.478 e. The Bertz CT molecular complexity index is 489. The first-order valence-electron chi connectivity index (χ1n) is 6.25. The van der Waals surface area contributed by atoms with Crippen molar-refractivity contribution in [2.24, 2.45) is 0 Å². The molecule has 0 unspecified atom stereocenters. The third-order valence-electron chi connectivity index (χ3n) is 2.84. The highest BCUT2D eigenvalue weighted by molar-refractivity contribution is 5.85. The van der Waals surface area contributed by atoms with Crippen molar-refractivity contribution in [2.45, 2.75) is 19.9 Å². The van der Waals surface area contributed by atoms with E-state index >= 15 is 0 Å². The van der Waals surface area contributed by atoms with Crippen molar-refractivity contribution in [3.05, 3.63) is 41.5 Å². The van der Waals surface area contributed by atoms with Gasteiger partial charge in [-0.05, 0) is 23.7 Å². The van der Waals surface area contributed by atoms with Crippen molar-refractivity contribution >= 4 is 12.0 Å². The highest BCUT2D eigenvalue weighted by Gasteiger charge is 2.06. The van der Waals surface area contributed by atoms with Crippen LogP contribution in [0.3, 0.4) is 0 Å². The van der Waals surface area contributed by atoms with Crippen molar-refractivity contribution in [2.75, 3.05) is 13.1 Å². The quantitative estimate of drug-likeness (QED) is 0.763. The van der Waals surface area contributed by atoms with E-state index in [9.17, 15) is 4.79 Å². The molecule has 4 heteroatoms. The number of benzene rings is 1. The van der Waals surface area contributed by atoms with Gasteiger partial charge in [0.15, 0.2) is 0 Å². The summed E-state index contributed by atoms with van der Waals surface area (Å²) in [6.45, 7) is 4.36. The molecule has 19 heavy (non-hydrogen) atoms. The molecule has 1 N–H and O–H groups in total. The summed E-state index contributed by atoms with van der Waals surface area (Å²) in [7, 11) is 0. The van der Waals surface area contributed by atoms with Crippen molar-refractivity contribution in [1.29, 1.82) is 5.26 Å². The molecule has 1 rings (SSSR count). The summed E-state index contributed by atoms with van der Waals surface area (Å²) in [5, 5.41) is 17.3. The molecule has 0 radical (unpaired) electrons. The van der Waals surface area contributed by atoms with E-state index in [0.717, 1.165) is 36.8 Å². The Balaban J connectivity index is 2.82. The van der Waals surface area contributed by atoms with Gasteiger partial charge >= 0.3 is 5.97 Å². The molecule has 0 aromatic heterocycles. The first-order valence-corrected chi connectivity index (χ1v) is 6.25. The summed E-state index contributed by atoms with van der Waals surface area (Å²) in [5.41, 5.74) is 1.97. The highest BCUT2D eigenvalue weighted by Crippen LogP contribution is 2.13. The van der Waals surface area contributed by atoms with Crippen LogP contribution in [-0.2, 0) is 11.3 Å². The van der Waals surface area contributed by atoms with Gasteiger partial charge in [0.1, 0.15) is 0 Å². The van der Waals surface area contributed by atoms with Crippen LogP contribution >= 0.6 is 0 Å². The molecule has 0 aliphatic heterocycles. The van der Waals surface area contributed by atoms with Crippen molar-refractivity contribution in [3.63, 3.8) is 0 Å². The van der Waals surface area contributed by atoms with Crippen molar-refractivity contribution in [1.82, 2.24) is 4.90 Å². The second-order valence-electron chi connectivity index (χ2n) is 4.15. The van der Waals surface area contributed by atoms with Gasteiger partial charge in [0.25, 0.3) is 0 Å². The molecule has 100 valence electrons. The standard InChI is InChI=1S/C15H18N2O2/c1-2-17(11-5-10-16)12-14-7-4-3-6-13(14)8-9-15(18)19/h3-4,6-9H,2,5,11-12H2,1H3,(H,18,19). The maximum atomic E-state index is 10.6. The predicted octanol–water partition coefficient (Wildman–Crippen LogP) is 2.52. The predicted molar refractivity (Wildman–Crippen MR) is 74.3 cm³/mol. The van der Waals surface area contributed by atoms with E-state index in [1.807, 2.05) is 31.2 Å². The SMILES string of the molecule is CCN(CCC#N)Cc1ccccc1C=CC(=O)O. The summed E-state index contributed by atoms with van der Waals surface area (Å²) < 4.78 is 0. The Kier molecular flexibility index (Phi) is 6.34. The van der Waals surface area contributed by atoms with E-state index in [1.54, 1.807) is 6.08 Å². The fourth-order valence-electron chi connectivity index (χ4n) is 1.80. The number of nitriles is 1. The molecule has 0 aliphatic rings. The van der Waals surface area contributed by atoms with Crippen molar-refractivity contribution < 1.29 is 9.90 Å². The fourth-order valence-corrected chi connectivity index (χ4v) is 1.80. The van der Waals surface area contributed by atoms with Gasteiger partial charge in [-0.1, -0.05) is 31.2 Å². The first kappa shape index (κ1) is 14.9. The number of hydrogen-bond donors (Lipinski definition) is 1. The number of rotatable bonds is 7. The maximum absolute atomic E-state index is 10.6. The first-order chi connectivity index (χ1) is 9.17. The smallest absolute Gasteiger partial charge is 0.328 e. The van der Waals surface area contributed by atoms with Crippen LogP contribution in [0.15, 0.2) is 30.3 Å². The van der Waals surface area contributed by atoms with Crippen LogP contribution in [0.5, 0.6) is 0 Å². The molecule has 4 nitrogen and oxygen atoms in total. The molecule has 1 aromatic carbocycles. The molecule has 0 aliphatic carbocycles. The van der Waals surface area contributed by atoms with Gasteiger partial charge in [0.2, 0.25) is 0 Å². The van der Waals surface area contributed by atoms with Gasteiger partial charge in [-0.25, -0.2) is 4.79 Å². The number of carboxylic acid groups (broad SMARTS) is 1.